The number of rotatable bonds is 7. The molecule has 0 aliphatic carbocycles. The predicted molar refractivity (Wildman–Crippen MR) is 88.8 cm³/mol. The zero-order valence-electron chi connectivity index (χ0n) is 14.8. The summed E-state index contributed by atoms with van der Waals surface area (Å²) < 4.78 is 6.89. The topological polar surface area (TPSA) is 90.0 Å². The van der Waals surface area contributed by atoms with Crippen molar-refractivity contribution in [2.75, 3.05) is 0 Å². The largest absolute Gasteiger partial charge is 0.359 e. The van der Waals surface area contributed by atoms with E-state index < -0.39 is 0 Å². The second kappa shape index (κ2) is 7.42. The second-order valence-electron chi connectivity index (χ2n) is 6.01. The lowest BCUT2D eigenvalue weighted by Crippen LogP contribution is -2.26. The van der Waals surface area contributed by atoms with Crippen LogP contribution in [0.25, 0.3) is 0 Å². The van der Waals surface area contributed by atoms with Crippen LogP contribution in [0.3, 0.4) is 0 Å². The minimum Gasteiger partial charge on any atom is -0.359 e. The van der Waals surface area contributed by atoms with E-state index in [0.717, 1.165) is 17.8 Å². The van der Waals surface area contributed by atoms with Gasteiger partial charge in [0, 0.05) is 18.2 Å². The van der Waals surface area contributed by atoms with E-state index in [4.69, 9.17) is 4.52 Å². The van der Waals surface area contributed by atoms with Crippen molar-refractivity contribution >= 4 is 11.7 Å². The normalized spacial score (nSPS) is 12.2. The van der Waals surface area contributed by atoms with Crippen molar-refractivity contribution in [2.24, 2.45) is 0 Å². The maximum Gasteiger partial charge on any atom is 0.222 e. The summed E-state index contributed by atoms with van der Waals surface area (Å²) in [7, 11) is 0. The van der Waals surface area contributed by atoms with Crippen LogP contribution in [0.1, 0.15) is 66.4 Å². The third-order valence-electron chi connectivity index (χ3n) is 4.01. The summed E-state index contributed by atoms with van der Waals surface area (Å²) in [6.07, 6.45) is 1.07. The number of aromatic nitrogens is 3. The van der Waals surface area contributed by atoms with Gasteiger partial charge < -0.3 is 9.84 Å². The van der Waals surface area contributed by atoms with Gasteiger partial charge in [-0.25, -0.2) is 0 Å². The molecule has 0 aliphatic rings. The minimum absolute atomic E-state index is 0.00931. The molecule has 2 heterocycles. The maximum absolute atomic E-state index is 12.1. The molecular weight excluding hydrogens is 308 g/mol. The number of nitrogens with one attached hydrogen (secondary N) is 1. The van der Waals surface area contributed by atoms with E-state index in [1.54, 1.807) is 4.68 Å². The minimum atomic E-state index is -0.141. The van der Waals surface area contributed by atoms with Crippen LogP contribution in [0.5, 0.6) is 0 Å². The molecule has 0 fully saturated rings. The summed E-state index contributed by atoms with van der Waals surface area (Å²) in [5, 5.41) is 11.1. The maximum atomic E-state index is 12.1. The first-order valence-corrected chi connectivity index (χ1v) is 8.11. The van der Waals surface area contributed by atoms with Gasteiger partial charge in [0.2, 0.25) is 5.91 Å². The Hall–Kier alpha value is -2.44. The Balaban J connectivity index is 1.96. The van der Waals surface area contributed by atoms with Gasteiger partial charge in [0.05, 0.1) is 29.5 Å². The Labute approximate surface area is 141 Å². The molecule has 0 aromatic carbocycles. The Morgan fingerprint density at radius 1 is 1.38 bits per heavy atom. The molecule has 7 nitrogen and oxygen atoms in total. The Bertz CT molecular complexity index is 745. The van der Waals surface area contributed by atoms with Crippen LogP contribution in [0.4, 0.5) is 0 Å². The van der Waals surface area contributed by atoms with E-state index >= 15 is 0 Å². The van der Waals surface area contributed by atoms with E-state index in [0.29, 0.717) is 23.6 Å². The fourth-order valence-electron chi connectivity index (χ4n) is 2.82. The van der Waals surface area contributed by atoms with E-state index in [1.165, 1.54) is 6.92 Å². The first kappa shape index (κ1) is 17.9. The van der Waals surface area contributed by atoms with Gasteiger partial charge in [0.15, 0.2) is 11.5 Å². The Kier molecular flexibility index (Phi) is 5.54. The van der Waals surface area contributed by atoms with Crippen LogP contribution in [-0.2, 0) is 17.8 Å². The SMILES string of the molecule is CCc1cc(CNC(=O)C[C@H](C)n2nc(C)c(C(C)=O)c2C)on1. The standard InChI is InChI=1S/C17H24N4O3/c1-6-14-8-15(24-20-14)9-18-16(23)7-10(2)21-12(4)17(13(5)22)11(3)19-21/h8,10H,6-7,9H2,1-5H3,(H,18,23)/t10-/m0/s1. The van der Waals surface area contributed by atoms with Gasteiger partial charge in [-0.1, -0.05) is 12.1 Å². The van der Waals surface area contributed by atoms with Crippen molar-refractivity contribution in [3.63, 3.8) is 0 Å². The van der Waals surface area contributed by atoms with Crippen molar-refractivity contribution in [2.45, 2.75) is 60.0 Å². The number of Topliss-reactive ketones (excluding diaryl/α,β-unsaturated/α-hetero) is 1. The van der Waals surface area contributed by atoms with Gasteiger partial charge in [-0.3, -0.25) is 14.3 Å². The molecule has 24 heavy (non-hydrogen) atoms. The molecule has 0 bridgehead atoms. The molecular formula is C17H24N4O3. The van der Waals surface area contributed by atoms with Gasteiger partial charge in [-0.05, 0) is 34.1 Å². The quantitative estimate of drug-likeness (QED) is 0.787. The number of ketones is 1. The summed E-state index contributed by atoms with van der Waals surface area (Å²) in [5.41, 5.74) is 2.99. The molecule has 0 saturated heterocycles. The van der Waals surface area contributed by atoms with E-state index in [9.17, 15) is 9.59 Å². The third kappa shape index (κ3) is 3.90. The van der Waals surface area contributed by atoms with E-state index in [-0.39, 0.29) is 24.2 Å². The van der Waals surface area contributed by atoms with Crippen LogP contribution in [0.2, 0.25) is 0 Å². The van der Waals surface area contributed by atoms with Crippen molar-refractivity contribution in [3.8, 4) is 0 Å². The van der Waals surface area contributed by atoms with Crippen molar-refractivity contribution in [3.05, 3.63) is 34.5 Å². The molecule has 0 spiro atoms. The zero-order valence-corrected chi connectivity index (χ0v) is 14.8. The van der Waals surface area contributed by atoms with Crippen LogP contribution in [-0.4, -0.2) is 26.6 Å². The Morgan fingerprint density at radius 3 is 2.62 bits per heavy atom. The fourth-order valence-corrected chi connectivity index (χ4v) is 2.82. The average molecular weight is 332 g/mol. The third-order valence-corrected chi connectivity index (χ3v) is 4.01. The van der Waals surface area contributed by atoms with Gasteiger partial charge in [-0.15, -0.1) is 0 Å². The van der Waals surface area contributed by atoms with Crippen LogP contribution >= 0.6 is 0 Å². The monoisotopic (exact) mass is 332 g/mol. The van der Waals surface area contributed by atoms with E-state index in [2.05, 4.69) is 15.6 Å². The highest BCUT2D eigenvalue weighted by molar-refractivity contribution is 5.96. The zero-order chi connectivity index (χ0) is 17.9. The number of carbonyl (C=O) groups excluding carboxylic acids is 2. The molecule has 1 N–H and O–H groups in total. The molecule has 0 saturated carbocycles. The highest BCUT2D eigenvalue weighted by Gasteiger charge is 2.20. The van der Waals surface area contributed by atoms with Crippen molar-refractivity contribution in [1.82, 2.24) is 20.3 Å². The molecule has 1 atom stereocenters. The molecule has 2 aromatic rings. The van der Waals surface area contributed by atoms with E-state index in [1.807, 2.05) is 33.8 Å². The van der Waals surface area contributed by atoms with Crippen molar-refractivity contribution in [1.29, 1.82) is 0 Å². The predicted octanol–water partition coefficient (Wildman–Crippen LogP) is 2.52. The Morgan fingerprint density at radius 2 is 2.08 bits per heavy atom. The molecule has 1 amide bonds. The number of amides is 1. The molecule has 7 heteroatoms. The molecule has 0 aliphatic heterocycles. The lowest BCUT2D eigenvalue weighted by molar-refractivity contribution is -0.122. The smallest absolute Gasteiger partial charge is 0.222 e. The fraction of sp³-hybridized carbons (Fsp3) is 0.529. The van der Waals surface area contributed by atoms with Crippen LogP contribution in [0, 0.1) is 13.8 Å². The average Bonchev–Trinajstić information content (AvgIpc) is 3.09. The first-order valence-electron chi connectivity index (χ1n) is 8.11. The van der Waals surface area contributed by atoms with Gasteiger partial charge in [0.1, 0.15) is 0 Å². The lowest BCUT2D eigenvalue weighted by atomic mass is 10.1. The van der Waals surface area contributed by atoms with Crippen LogP contribution < -0.4 is 5.32 Å². The summed E-state index contributed by atoms with van der Waals surface area (Å²) in [5.74, 6) is 0.525. The summed E-state index contributed by atoms with van der Waals surface area (Å²) in [4.78, 5) is 23.8. The lowest BCUT2D eigenvalue weighted by Gasteiger charge is -2.14. The molecule has 2 aromatic heterocycles. The summed E-state index contributed by atoms with van der Waals surface area (Å²) in [6, 6.07) is 1.70. The number of aryl methyl sites for hydroxylation is 2. The van der Waals surface area contributed by atoms with Crippen molar-refractivity contribution < 1.29 is 14.1 Å². The van der Waals surface area contributed by atoms with Crippen LogP contribution in [0.15, 0.2) is 10.6 Å². The summed E-state index contributed by atoms with van der Waals surface area (Å²) in [6.45, 7) is 9.40. The van der Waals surface area contributed by atoms with Gasteiger partial charge >= 0.3 is 0 Å². The highest BCUT2D eigenvalue weighted by Crippen LogP contribution is 2.20. The number of carbonyl (C=O) groups is 2. The second-order valence-corrected chi connectivity index (χ2v) is 6.01. The number of nitrogens with zero attached hydrogens (tertiary/aromatic N) is 3. The van der Waals surface area contributed by atoms with Gasteiger partial charge in [0.25, 0.3) is 0 Å². The molecule has 0 radical (unpaired) electrons. The molecule has 130 valence electrons. The first-order chi connectivity index (χ1) is 11.3. The number of hydrogen-bond acceptors (Lipinski definition) is 5. The molecule has 2 rings (SSSR count). The molecule has 0 unspecified atom stereocenters. The number of hydrogen-bond donors (Lipinski definition) is 1. The summed E-state index contributed by atoms with van der Waals surface area (Å²) >= 11 is 0. The van der Waals surface area contributed by atoms with Gasteiger partial charge in [-0.2, -0.15) is 5.10 Å². The highest BCUT2D eigenvalue weighted by atomic mass is 16.5.